The molecule has 1 aromatic carbocycles. The Labute approximate surface area is 78.5 Å². The van der Waals surface area contributed by atoms with Crippen LogP contribution in [0.1, 0.15) is 13.8 Å². The smallest absolute Gasteiger partial charge is 0.264 e. The molecule has 0 saturated carbocycles. The largest absolute Gasteiger partial charge is 0.449 e. The monoisotopic (exact) mass is 181 g/mol. The second-order valence-corrected chi connectivity index (χ2v) is 2.86. The predicted molar refractivity (Wildman–Crippen MR) is 51.3 cm³/mol. The van der Waals surface area contributed by atoms with Gasteiger partial charge in [-0.3, -0.25) is 5.73 Å². The molecule has 1 aromatic rings. The van der Waals surface area contributed by atoms with Crippen molar-refractivity contribution in [1.82, 2.24) is 0 Å². The summed E-state index contributed by atoms with van der Waals surface area (Å²) in [4.78, 5) is 0. The van der Waals surface area contributed by atoms with Gasteiger partial charge in [0.05, 0.1) is 0 Å². The van der Waals surface area contributed by atoms with Crippen molar-refractivity contribution in [2.45, 2.75) is 19.8 Å². The summed E-state index contributed by atoms with van der Waals surface area (Å²) in [5.74, 6) is -0.336. The van der Waals surface area contributed by atoms with Gasteiger partial charge in [0.2, 0.25) is 0 Å². The number of hydrogen-bond acceptors (Lipinski definition) is 3. The molecule has 0 aliphatic carbocycles. The molecule has 3 heteroatoms. The van der Waals surface area contributed by atoms with Crippen LogP contribution in [-0.2, 0) is 4.74 Å². The lowest BCUT2D eigenvalue weighted by atomic mass is 10.3. The van der Waals surface area contributed by atoms with Crippen molar-refractivity contribution < 1.29 is 9.47 Å². The topological polar surface area (TPSA) is 44.5 Å². The van der Waals surface area contributed by atoms with Crippen molar-refractivity contribution in [2.75, 3.05) is 6.61 Å². The summed E-state index contributed by atoms with van der Waals surface area (Å²) < 4.78 is 10.6. The summed E-state index contributed by atoms with van der Waals surface area (Å²) in [7, 11) is 0. The van der Waals surface area contributed by atoms with E-state index in [1.807, 2.05) is 37.3 Å². The van der Waals surface area contributed by atoms with Crippen LogP contribution in [0.3, 0.4) is 0 Å². The second kappa shape index (κ2) is 4.25. The van der Waals surface area contributed by atoms with Crippen LogP contribution in [0.2, 0.25) is 0 Å². The van der Waals surface area contributed by atoms with Gasteiger partial charge in [-0.2, -0.15) is 0 Å². The van der Waals surface area contributed by atoms with Crippen LogP contribution >= 0.6 is 0 Å². The molecule has 13 heavy (non-hydrogen) atoms. The molecule has 3 nitrogen and oxygen atoms in total. The maximum atomic E-state index is 5.71. The molecule has 1 unspecified atom stereocenters. The number of ether oxygens (including phenoxy) is 2. The van der Waals surface area contributed by atoms with Gasteiger partial charge in [0, 0.05) is 13.5 Å². The van der Waals surface area contributed by atoms with Gasteiger partial charge >= 0.3 is 0 Å². The Hall–Kier alpha value is -1.06. The molecule has 0 aliphatic heterocycles. The van der Waals surface area contributed by atoms with Crippen LogP contribution in [0, 0.1) is 0 Å². The van der Waals surface area contributed by atoms with Crippen LogP contribution < -0.4 is 10.5 Å². The normalized spacial score (nSPS) is 15.0. The molecule has 1 rings (SSSR count). The van der Waals surface area contributed by atoms with Crippen molar-refractivity contribution in [3.05, 3.63) is 30.3 Å². The lowest BCUT2D eigenvalue weighted by Crippen LogP contribution is -2.45. The molecule has 2 N–H and O–H groups in total. The molecular formula is C10H15NO2. The minimum absolute atomic E-state index is 0.528. The van der Waals surface area contributed by atoms with Crippen LogP contribution in [0.4, 0.5) is 0 Å². The SMILES string of the molecule is CCOC(C)(N)Oc1ccccc1. The first-order valence-electron chi connectivity index (χ1n) is 4.31. The van der Waals surface area contributed by atoms with E-state index in [9.17, 15) is 0 Å². The summed E-state index contributed by atoms with van der Waals surface area (Å²) in [5, 5.41) is 0. The van der Waals surface area contributed by atoms with E-state index in [0.29, 0.717) is 12.4 Å². The fourth-order valence-electron chi connectivity index (χ4n) is 1.04. The Morgan fingerprint density at radius 1 is 1.31 bits per heavy atom. The summed E-state index contributed by atoms with van der Waals surface area (Å²) >= 11 is 0. The van der Waals surface area contributed by atoms with E-state index >= 15 is 0 Å². The lowest BCUT2D eigenvalue weighted by molar-refractivity contribution is -0.162. The van der Waals surface area contributed by atoms with Crippen molar-refractivity contribution in [2.24, 2.45) is 5.73 Å². The van der Waals surface area contributed by atoms with Gasteiger partial charge in [-0.05, 0) is 19.1 Å². The zero-order valence-corrected chi connectivity index (χ0v) is 7.99. The van der Waals surface area contributed by atoms with Crippen LogP contribution in [0.25, 0.3) is 0 Å². The van der Waals surface area contributed by atoms with E-state index in [1.165, 1.54) is 0 Å². The molecule has 1 atom stereocenters. The number of benzene rings is 1. The third kappa shape index (κ3) is 3.44. The maximum Gasteiger partial charge on any atom is 0.264 e. The molecule has 0 heterocycles. The van der Waals surface area contributed by atoms with E-state index in [-0.39, 0.29) is 0 Å². The van der Waals surface area contributed by atoms with E-state index in [0.717, 1.165) is 0 Å². The van der Waals surface area contributed by atoms with Crippen molar-refractivity contribution in [1.29, 1.82) is 0 Å². The summed E-state index contributed by atoms with van der Waals surface area (Å²) in [6.07, 6.45) is 0. The molecule has 0 aromatic heterocycles. The molecule has 0 radical (unpaired) electrons. The van der Waals surface area contributed by atoms with Crippen LogP contribution in [0.15, 0.2) is 30.3 Å². The third-order valence-electron chi connectivity index (χ3n) is 1.49. The average Bonchev–Trinajstić information content (AvgIpc) is 2.04. The molecule has 0 aliphatic rings. The van der Waals surface area contributed by atoms with Gasteiger partial charge in [-0.1, -0.05) is 18.2 Å². The first-order valence-corrected chi connectivity index (χ1v) is 4.31. The van der Waals surface area contributed by atoms with Crippen molar-refractivity contribution in [3.8, 4) is 5.75 Å². The summed E-state index contributed by atoms with van der Waals surface area (Å²) in [5.41, 5.74) is 5.71. The minimum atomic E-state index is -1.05. The quantitative estimate of drug-likeness (QED) is 0.719. The lowest BCUT2D eigenvalue weighted by Gasteiger charge is -2.25. The highest BCUT2D eigenvalue weighted by Gasteiger charge is 2.19. The number of para-hydroxylation sites is 1. The Bertz CT molecular complexity index is 246. The Balaban J connectivity index is 2.58. The predicted octanol–water partition coefficient (Wildman–Crippen LogP) is 1.73. The standard InChI is InChI=1S/C10H15NO2/c1-3-12-10(2,11)13-9-7-5-4-6-8-9/h4-8H,3,11H2,1-2H3. The zero-order valence-electron chi connectivity index (χ0n) is 7.99. The van der Waals surface area contributed by atoms with E-state index in [1.54, 1.807) is 6.92 Å². The number of rotatable bonds is 4. The second-order valence-electron chi connectivity index (χ2n) is 2.86. The first-order chi connectivity index (χ1) is 6.14. The molecule has 0 bridgehead atoms. The van der Waals surface area contributed by atoms with Crippen LogP contribution in [-0.4, -0.2) is 12.5 Å². The van der Waals surface area contributed by atoms with Gasteiger partial charge in [-0.15, -0.1) is 0 Å². The van der Waals surface area contributed by atoms with Crippen LogP contribution in [0.5, 0.6) is 5.75 Å². The van der Waals surface area contributed by atoms with Gasteiger partial charge in [-0.25, -0.2) is 0 Å². The highest BCUT2D eigenvalue weighted by Crippen LogP contribution is 2.14. The molecule has 0 amide bonds. The minimum Gasteiger partial charge on any atom is -0.449 e. The van der Waals surface area contributed by atoms with Gasteiger partial charge in [0.15, 0.2) is 0 Å². The van der Waals surface area contributed by atoms with Gasteiger partial charge in [0.25, 0.3) is 5.91 Å². The number of nitrogens with two attached hydrogens (primary N) is 1. The zero-order chi connectivity index (χ0) is 9.73. The highest BCUT2D eigenvalue weighted by atomic mass is 16.7. The average molecular weight is 181 g/mol. The summed E-state index contributed by atoms with van der Waals surface area (Å²) in [6, 6.07) is 9.37. The summed E-state index contributed by atoms with van der Waals surface area (Å²) in [6.45, 7) is 4.09. The van der Waals surface area contributed by atoms with Crippen molar-refractivity contribution >= 4 is 0 Å². The highest BCUT2D eigenvalue weighted by molar-refractivity contribution is 5.21. The first kappa shape index (κ1) is 10.0. The maximum absolute atomic E-state index is 5.71. The molecule has 0 saturated heterocycles. The molecule has 0 fully saturated rings. The third-order valence-corrected chi connectivity index (χ3v) is 1.49. The number of hydrogen-bond donors (Lipinski definition) is 1. The molecular weight excluding hydrogens is 166 g/mol. The Morgan fingerprint density at radius 3 is 2.46 bits per heavy atom. The van der Waals surface area contributed by atoms with Gasteiger partial charge in [0.1, 0.15) is 5.75 Å². The van der Waals surface area contributed by atoms with Gasteiger partial charge < -0.3 is 9.47 Å². The van der Waals surface area contributed by atoms with E-state index < -0.39 is 5.91 Å². The Morgan fingerprint density at radius 2 is 1.92 bits per heavy atom. The van der Waals surface area contributed by atoms with Crippen molar-refractivity contribution in [3.63, 3.8) is 0 Å². The fraction of sp³-hybridized carbons (Fsp3) is 0.400. The molecule has 72 valence electrons. The van der Waals surface area contributed by atoms with E-state index in [4.69, 9.17) is 15.2 Å². The molecule has 0 spiro atoms. The fourth-order valence-corrected chi connectivity index (χ4v) is 1.04. The van der Waals surface area contributed by atoms with E-state index in [2.05, 4.69) is 0 Å². The Kier molecular flexibility index (Phi) is 3.28.